The highest BCUT2D eigenvalue weighted by molar-refractivity contribution is 5.88. The molecule has 1 fully saturated rings. The molecule has 2 aromatic rings. The number of hydrogen-bond acceptors (Lipinski definition) is 5. The molecule has 8 nitrogen and oxygen atoms in total. The van der Waals surface area contributed by atoms with Crippen molar-refractivity contribution in [1.29, 1.82) is 0 Å². The van der Waals surface area contributed by atoms with E-state index >= 15 is 0 Å². The fraction of sp³-hybridized carbons (Fsp3) is 0.450. The fourth-order valence-electron chi connectivity index (χ4n) is 3.44. The highest BCUT2D eigenvalue weighted by Gasteiger charge is 2.32. The number of benzene rings is 1. The molecule has 1 atom stereocenters. The van der Waals surface area contributed by atoms with Gasteiger partial charge in [-0.2, -0.15) is 5.10 Å². The van der Waals surface area contributed by atoms with E-state index in [0.717, 1.165) is 17.0 Å². The van der Waals surface area contributed by atoms with Crippen molar-refractivity contribution in [2.75, 3.05) is 20.2 Å². The Hall–Kier alpha value is -2.94. The summed E-state index contributed by atoms with van der Waals surface area (Å²) in [6, 6.07) is 3.98. The third-order valence-corrected chi connectivity index (χ3v) is 5.20. The molecule has 29 heavy (non-hydrogen) atoms. The molecule has 3 rings (SSSR count). The lowest BCUT2D eigenvalue weighted by Gasteiger charge is -2.34. The van der Waals surface area contributed by atoms with Gasteiger partial charge >= 0.3 is 0 Å². The van der Waals surface area contributed by atoms with Crippen molar-refractivity contribution in [1.82, 2.24) is 25.7 Å². The summed E-state index contributed by atoms with van der Waals surface area (Å²) in [4.78, 5) is 26.7. The number of aryl methyl sites for hydroxylation is 2. The summed E-state index contributed by atoms with van der Waals surface area (Å²) in [7, 11) is 1.48. The lowest BCUT2D eigenvalue weighted by molar-refractivity contribution is -0.134. The summed E-state index contributed by atoms with van der Waals surface area (Å²) < 4.78 is 19.4. The van der Waals surface area contributed by atoms with Gasteiger partial charge in [-0.25, -0.2) is 4.39 Å². The zero-order valence-electron chi connectivity index (χ0n) is 16.8. The van der Waals surface area contributed by atoms with E-state index in [0.29, 0.717) is 30.9 Å². The van der Waals surface area contributed by atoms with E-state index in [-0.39, 0.29) is 24.8 Å². The first kappa shape index (κ1) is 20.8. The number of aromatic nitrogens is 2. The third-order valence-electron chi connectivity index (χ3n) is 5.20. The normalized spacial score (nSPS) is 17.1. The Bertz CT molecular complexity index is 879. The molecule has 1 aromatic heterocycles. The highest BCUT2D eigenvalue weighted by Crippen LogP contribution is 2.20. The van der Waals surface area contributed by atoms with Crippen LogP contribution in [0.25, 0.3) is 0 Å². The first-order valence-corrected chi connectivity index (χ1v) is 9.50. The lowest BCUT2D eigenvalue weighted by atomic mass is 10.1. The molecule has 3 N–H and O–H groups in total. The number of piperazine rings is 1. The smallest absolute Gasteiger partial charge is 0.237 e. The number of nitrogens with one attached hydrogen (secondary N) is 3. The van der Waals surface area contributed by atoms with Crippen LogP contribution in [0.2, 0.25) is 0 Å². The lowest BCUT2D eigenvalue weighted by Crippen LogP contribution is -2.56. The molecule has 1 unspecified atom stereocenters. The maximum atomic E-state index is 14.3. The molecular formula is C20H26FN5O3. The quantitative estimate of drug-likeness (QED) is 0.645. The molecule has 0 spiro atoms. The first-order chi connectivity index (χ1) is 13.9. The Morgan fingerprint density at radius 2 is 2.21 bits per heavy atom. The Labute approximate surface area is 168 Å². The van der Waals surface area contributed by atoms with Gasteiger partial charge in [-0.1, -0.05) is 6.07 Å². The van der Waals surface area contributed by atoms with Crippen molar-refractivity contribution in [2.24, 2.45) is 0 Å². The van der Waals surface area contributed by atoms with Crippen molar-refractivity contribution >= 4 is 11.8 Å². The van der Waals surface area contributed by atoms with Gasteiger partial charge in [0.05, 0.1) is 25.3 Å². The maximum Gasteiger partial charge on any atom is 0.237 e. The molecule has 0 bridgehead atoms. The standard InChI is InChI=1S/C20H26FN5O3/c1-12-16(13(2)25-24-12)10-23-19(27)9-18-20(28)22-6-7-26(18)11-14-4-5-15(29-3)8-17(14)21/h4-5,8,18H,6-7,9-11H2,1-3H3,(H,22,28)(H,23,27)(H,24,25). The average molecular weight is 403 g/mol. The molecule has 0 aliphatic carbocycles. The molecule has 1 saturated heterocycles. The number of H-pyrrole nitrogens is 1. The van der Waals surface area contributed by atoms with Crippen LogP contribution in [0.15, 0.2) is 18.2 Å². The molecule has 2 amide bonds. The van der Waals surface area contributed by atoms with Gasteiger partial charge in [0, 0.05) is 49.1 Å². The van der Waals surface area contributed by atoms with E-state index in [1.54, 1.807) is 12.1 Å². The topological polar surface area (TPSA) is 99.3 Å². The number of rotatable bonds is 7. The van der Waals surface area contributed by atoms with Crippen LogP contribution in [-0.2, 0) is 22.7 Å². The Balaban J connectivity index is 1.65. The second-order valence-corrected chi connectivity index (χ2v) is 7.13. The van der Waals surface area contributed by atoms with Crippen LogP contribution < -0.4 is 15.4 Å². The number of hydrogen-bond donors (Lipinski definition) is 3. The molecule has 156 valence electrons. The van der Waals surface area contributed by atoms with Crippen molar-refractivity contribution < 1.29 is 18.7 Å². The van der Waals surface area contributed by atoms with E-state index in [2.05, 4.69) is 20.8 Å². The van der Waals surface area contributed by atoms with Gasteiger partial charge < -0.3 is 15.4 Å². The van der Waals surface area contributed by atoms with Gasteiger partial charge in [0.2, 0.25) is 11.8 Å². The van der Waals surface area contributed by atoms with E-state index in [1.165, 1.54) is 13.2 Å². The third kappa shape index (κ3) is 4.92. The van der Waals surface area contributed by atoms with Crippen LogP contribution in [-0.4, -0.2) is 53.2 Å². The second-order valence-electron chi connectivity index (χ2n) is 7.13. The van der Waals surface area contributed by atoms with Crippen LogP contribution in [0.4, 0.5) is 4.39 Å². The minimum Gasteiger partial charge on any atom is -0.497 e. The second kappa shape index (κ2) is 9.04. The molecule has 1 aromatic carbocycles. The summed E-state index contributed by atoms with van der Waals surface area (Å²) in [6.07, 6.45) is -0.000443. The Morgan fingerprint density at radius 1 is 1.41 bits per heavy atom. The predicted octanol–water partition coefficient (Wildman–Crippen LogP) is 1.18. The van der Waals surface area contributed by atoms with E-state index in [9.17, 15) is 14.0 Å². The number of halogens is 1. The average Bonchev–Trinajstić information content (AvgIpc) is 3.02. The van der Waals surface area contributed by atoms with E-state index in [1.807, 2.05) is 18.7 Å². The molecule has 1 aliphatic heterocycles. The molecular weight excluding hydrogens is 377 g/mol. The number of aromatic amines is 1. The summed E-state index contributed by atoms with van der Waals surface area (Å²) in [6.45, 7) is 5.33. The summed E-state index contributed by atoms with van der Waals surface area (Å²) >= 11 is 0. The molecule has 1 aliphatic rings. The Morgan fingerprint density at radius 3 is 2.86 bits per heavy atom. The molecule has 9 heteroatoms. The minimum atomic E-state index is -0.656. The highest BCUT2D eigenvalue weighted by atomic mass is 19.1. The first-order valence-electron chi connectivity index (χ1n) is 9.50. The van der Waals surface area contributed by atoms with Crippen molar-refractivity contribution in [3.63, 3.8) is 0 Å². The van der Waals surface area contributed by atoms with Gasteiger partial charge in [-0.15, -0.1) is 0 Å². The van der Waals surface area contributed by atoms with Crippen molar-refractivity contribution in [3.8, 4) is 5.75 Å². The predicted molar refractivity (Wildman–Crippen MR) is 105 cm³/mol. The van der Waals surface area contributed by atoms with Gasteiger partial charge in [0.1, 0.15) is 11.6 Å². The zero-order chi connectivity index (χ0) is 21.0. The van der Waals surface area contributed by atoms with Gasteiger partial charge in [0.15, 0.2) is 0 Å². The van der Waals surface area contributed by atoms with Crippen molar-refractivity contribution in [3.05, 3.63) is 46.5 Å². The number of amides is 2. The van der Waals surface area contributed by atoms with Crippen LogP contribution in [0, 0.1) is 19.7 Å². The molecule has 2 heterocycles. The molecule has 0 radical (unpaired) electrons. The maximum absolute atomic E-state index is 14.3. The van der Waals surface area contributed by atoms with Crippen LogP contribution in [0.3, 0.4) is 0 Å². The Kier molecular flexibility index (Phi) is 6.48. The largest absolute Gasteiger partial charge is 0.497 e. The SMILES string of the molecule is COc1ccc(CN2CCNC(=O)C2CC(=O)NCc2c(C)n[nH]c2C)c(F)c1. The van der Waals surface area contributed by atoms with Gasteiger partial charge in [-0.3, -0.25) is 19.6 Å². The number of nitrogens with zero attached hydrogens (tertiary/aromatic N) is 2. The van der Waals surface area contributed by atoms with Gasteiger partial charge in [0.25, 0.3) is 0 Å². The van der Waals surface area contributed by atoms with E-state index < -0.39 is 11.9 Å². The number of ether oxygens (including phenoxy) is 1. The van der Waals surface area contributed by atoms with Crippen LogP contribution >= 0.6 is 0 Å². The number of carbonyl (C=O) groups is 2. The van der Waals surface area contributed by atoms with Gasteiger partial charge in [-0.05, 0) is 19.9 Å². The minimum absolute atomic E-state index is 0.000443. The van der Waals surface area contributed by atoms with E-state index in [4.69, 9.17) is 4.74 Å². The monoisotopic (exact) mass is 403 g/mol. The summed E-state index contributed by atoms with van der Waals surface area (Å²) in [5.41, 5.74) is 3.11. The zero-order valence-corrected chi connectivity index (χ0v) is 16.8. The summed E-state index contributed by atoms with van der Waals surface area (Å²) in [5, 5.41) is 12.6. The van der Waals surface area contributed by atoms with Crippen molar-refractivity contribution in [2.45, 2.75) is 39.4 Å². The number of carbonyl (C=O) groups excluding carboxylic acids is 2. The fourth-order valence-corrected chi connectivity index (χ4v) is 3.44. The van der Waals surface area contributed by atoms with Crippen LogP contribution in [0.1, 0.15) is 28.9 Å². The number of methoxy groups -OCH3 is 1. The molecule has 0 saturated carbocycles. The summed E-state index contributed by atoms with van der Waals surface area (Å²) in [5.74, 6) is -0.434. The van der Waals surface area contributed by atoms with Crippen LogP contribution in [0.5, 0.6) is 5.75 Å².